The highest BCUT2D eigenvalue weighted by molar-refractivity contribution is 5.63. The Bertz CT molecular complexity index is 327. The van der Waals surface area contributed by atoms with E-state index in [2.05, 4.69) is 6.92 Å². The fourth-order valence-electron chi connectivity index (χ4n) is 2.69. The van der Waals surface area contributed by atoms with Gasteiger partial charge in [0.05, 0.1) is 6.10 Å². The van der Waals surface area contributed by atoms with E-state index < -0.39 is 12.1 Å². The second-order valence-electron chi connectivity index (χ2n) is 6.23. The molecule has 0 radical (unpaired) electrons. The van der Waals surface area contributed by atoms with Crippen molar-refractivity contribution in [3.8, 4) is 0 Å². The topological polar surface area (TPSA) is 72.9 Å². The molecule has 128 valence electrons. The molecule has 4 heteroatoms. The van der Waals surface area contributed by atoms with Crippen molar-refractivity contribution in [1.29, 1.82) is 0 Å². The van der Waals surface area contributed by atoms with Crippen LogP contribution in [0.15, 0.2) is 12.2 Å². The number of unbranched alkanes of at least 4 members (excludes halogenated alkanes) is 7. The number of carbonyl (C=O) groups is 1. The highest BCUT2D eigenvalue weighted by Crippen LogP contribution is 2.30. The minimum atomic E-state index is -0.952. The number of rotatable bonds is 14. The summed E-state index contributed by atoms with van der Waals surface area (Å²) in [6.07, 6.45) is 14.5. The Labute approximate surface area is 134 Å². The zero-order valence-electron chi connectivity index (χ0n) is 13.8. The lowest BCUT2D eigenvalue weighted by atomic mass is 10.1. The summed E-state index contributed by atoms with van der Waals surface area (Å²) < 4.78 is 5.51. The molecule has 0 aliphatic carbocycles. The number of carboxylic acid groups (broad SMARTS) is 1. The average Bonchev–Trinajstić information content (AvgIpc) is 3.25. The number of hydrogen-bond acceptors (Lipinski definition) is 4. The molecule has 22 heavy (non-hydrogen) atoms. The minimum Gasteiger partial charge on any atom is -0.550 e. The van der Waals surface area contributed by atoms with E-state index in [0.717, 1.165) is 44.9 Å². The number of ether oxygens (including phenoxy) is 1. The molecule has 3 atom stereocenters. The van der Waals surface area contributed by atoms with Gasteiger partial charge in [0.15, 0.2) is 0 Å². The first kappa shape index (κ1) is 19.2. The molecule has 0 spiro atoms. The third kappa shape index (κ3) is 9.21. The van der Waals surface area contributed by atoms with Crippen LogP contribution in [0.2, 0.25) is 0 Å². The van der Waals surface area contributed by atoms with Crippen LogP contribution in [0.25, 0.3) is 0 Å². The highest BCUT2D eigenvalue weighted by atomic mass is 16.6. The van der Waals surface area contributed by atoms with Gasteiger partial charge in [-0.15, -0.1) is 0 Å². The smallest absolute Gasteiger partial charge is 0.114 e. The highest BCUT2D eigenvalue weighted by Gasteiger charge is 2.42. The number of carbonyl (C=O) groups excluding carboxylic acids is 1. The molecular formula is C18H31O4-. The van der Waals surface area contributed by atoms with Gasteiger partial charge in [0.1, 0.15) is 12.2 Å². The predicted octanol–water partition coefficient (Wildman–Crippen LogP) is 2.73. The molecular weight excluding hydrogens is 280 g/mol. The van der Waals surface area contributed by atoms with Crippen LogP contribution in [-0.2, 0) is 9.53 Å². The van der Waals surface area contributed by atoms with Gasteiger partial charge in [0.25, 0.3) is 0 Å². The molecule has 0 bridgehead atoms. The number of epoxide rings is 1. The van der Waals surface area contributed by atoms with Crippen molar-refractivity contribution >= 4 is 5.97 Å². The van der Waals surface area contributed by atoms with E-state index in [9.17, 15) is 15.0 Å². The molecule has 0 aromatic heterocycles. The van der Waals surface area contributed by atoms with Crippen molar-refractivity contribution in [1.82, 2.24) is 0 Å². The van der Waals surface area contributed by atoms with E-state index in [1.54, 1.807) is 0 Å². The van der Waals surface area contributed by atoms with Crippen LogP contribution < -0.4 is 5.11 Å². The maximum Gasteiger partial charge on any atom is 0.114 e. The van der Waals surface area contributed by atoms with Crippen LogP contribution >= 0.6 is 0 Å². The molecule has 0 aromatic rings. The SMILES string of the molecule is CCCCC[C@@H]1O[C@H]1[C@H](O)/C=C\CCCCCCCC(=O)[O-]. The van der Waals surface area contributed by atoms with Crippen molar-refractivity contribution in [2.75, 3.05) is 0 Å². The van der Waals surface area contributed by atoms with Crippen LogP contribution in [0.4, 0.5) is 0 Å². The molecule has 1 N–H and O–H groups in total. The van der Waals surface area contributed by atoms with Crippen molar-refractivity contribution in [3.05, 3.63) is 12.2 Å². The van der Waals surface area contributed by atoms with E-state index in [0.29, 0.717) is 0 Å². The largest absolute Gasteiger partial charge is 0.550 e. The van der Waals surface area contributed by atoms with Crippen LogP contribution in [-0.4, -0.2) is 29.4 Å². The molecule has 1 fully saturated rings. The Kier molecular flexibility index (Phi) is 10.2. The van der Waals surface area contributed by atoms with Crippen LogP contribution in [0.5, 0.6) is 0 Å². The lowest BCUT2D eigenvalue weighted by Crippen LogP contribution is -2.21. The van der Waals surface area contributed by atoms with Gasteiger partial charge in [-0.1, -0.05) is 57.6 Å². The fraction of sp³-hybridized carbons (Fsp3) is 0.833. The summed E-state index contributed by atoms with van der Waals surface area (Å²) in [5, 5.41) is 20.2. The van der Waals surface area contributed by atoms with Gasteiger partial charge in [-0.3, -0.25) is 0 Å². The third-order valence-corrected chi connectivity index (χ3v) is 4.14. The molecule has 4 nitrogen and oxygen atoms in total. The van der Waals surface area contributed by atoms with Crippen molar-refractivity contribution in [2.24, 2.45) is 0 Å². The Morgan fingerprint density at radius 1 is 1.18 bits per heavy atom. The van der Waals surface area contributed by atoms with E-state index in [1.807, 2.05) is 12.2 Å². The summed E-state index contributed by atoms with van der Waals surface area (Å²) >= 11 is 0. The molecule has 0 unspecified atom stereocenters. The van der Waals surface area contributed by atoms with E-state index in [4.69, 9.17) is 4.74 Å². The van der Waals surface area contributed by atoms with E-state index in [-0.39, 0.29) is 18.6 Å². The van der Waals surface area contributed by atoms with Crippen LogP contribution in [0.3, 0.4) is 0 Å². The first-order chi connectivity index (χ1) is 10.6. The van der Waals surface area contributed by atoms with Gasteiger partial charge in [-0.2, -0.15) is 0 Å². The third-order valence-electron chi connectivity index (χ3n) is 4.14. The van der Waals surface area contributed by atoms with Crippen LogP contribution in [0, 0.1) is 0 Å². The van der Waals surface area contributed by atoms with Gasteiger partial charge in [0.2, 0.25) is 0 Å². The molecule has 1 heterocycles. The number of carboxylic acids is 1. The first-order valence-electron chi connectivity index (χ1n) is 8.85. The van der Waals surface area contributed by atoms with Gasteiger partial charge >= 0.3 is 0 Å². The summed E-state index contributed by atoms with van der Waals surface area (Å²) in [6.45, 7) is 2.19. The van der Waals surface area contributed by atoms with Crippen LogP contribution in [0.1, 0.15) is 77.6 Å². The second-order valence-corrected chi connectivity index (χ2v) is 6.23. The first-order valence-corrected chi connectivity index (χ1v) is 8.85. The standard InChI is InChI=1S/C18H32O4/c1-2-3-9-13-16-18(22-16)15(19)12-10-7-5-4-6-8-11-14-17(20)21/h10,12,15-16,18-19H,2-9,11,13-14H2,1H3,(H,20,21)/p-1/b12-10-/t15-,16+,18+/m1/s1. The monoisotopic (exact) mass is 311 g/mol. The van der Waals surface area contributed by atoms with Crippen molar-refractivity contribution < 1.29 is 19.7 Å². The quantitative estimate of drug-likeness (QED) is 0.304. The maximum atomic E-state index is 10.2. The van der Waals surface area contributed by atoms with Gasteiger partial charge < -0.3 is 19.7 Å². The number of aliphatic hydroxyl groups is 1. The van der Waals surface area contributed by atoms with E-state index in [1.165, 1.54) is 19.3 Å². The summed E-state index contributed by atoms with van der Waals surface area (Å²) in [5.41, 5.74) is 0. The summed E-state index contributed by atoms with van der Waals surface area (Å²) in [7, 11) is 0. The second kappa shape index (κ2) is 11.7. The molecule has 1 rings (SSSR count). The van der Waals surface area contributed by atoms with Gasteiger partial charge in [-0.05, 0) is 32.1 Å². The molecule has 1 aliphatic rings. The number of allylic oxidation sites excluding steroid dienone is 1. The average molecular weight is 311 g/mol. The summed E-state index contributed by atoms with van der Waals surface area (Å²) in [6, 6.07) is 0. The number of hydrogen-bond donors (Lipinski definition) is 1. The predicted molar refractivity (Wildman–Crippen MR) is 85.3 cm³/mol. The lowest BCUT2D eigenvalue weighted by molar-refractivity contribution is -0.305. The Hall–Kier alpha value is -0.870. The maximum absolute atomic E-state index is 10.2. The molecule has 1 saturated heterocycles. The number of aliphatic hydroxyl groups excluding tert-OH is 1. The molecule has 0 saturated carbocycles. The number of aliphatic carboxylic acids is 1. The molecule has 1 aliphatic heterocycles. The van der Waals surface area contributed by atoms with Gasteiger partial charge in [-0.25, -0.2) is 0 Å². The normalized spacial score (nSPS) is 22.1. The van der Waals surface area contributed by atoms with Gasteiger partial charge in [0, 0.05) is 5.97 Å². The summed E-state index contributed by atoms with van der Waals surface area (Å²) in [5.74, 6) is -0.952. The summed E-state index contributed by atoms with van der Waals surface area (Å²) in [4.78, 5) is 10.2. The zero-order chi connectivity index (χ0) is 16.2. The fourth-order valence-corrected chi connectivity index (χ4v) is 2.69. The Morgan fingerprint density at radius 2 is 1.91 bits per heavy atom. The van der Waals surface area contributed by atoms with E-state index >= 15 is 0 Å². The zero-order valence-corrected chi connectivity index (χ0v) is 13.8. The minimum absolute atomic E-state index is 0.0118. The lowest BCUT2D eigenvalue weighted by Gasteiger charge is -2.02. The van der Waals surface area contributed by atoms with Crippen molar-refractivity contribution in [3.63, 3.8) is 0 Å². The Balaban J connectivity index is 1.92. The molecule has 0 amide bonds. The van der Waals surface area contributed by atoms with Crippen molar-refractivity contribution in [2.45, 2.75) is 95.9 Å². The molecule has 0 aromatic carbocycles. The Morgan fingerprint density at radius 3 is 2.64 bits per heavy atom.